The van der Waals surface area contributed by atoms with Gasteiger partial charge in [0.05, 0.1) is 11.2 Å². The highest BCUT2D eigenvalue weighted by Crippen LogP contribution is 2.36. The number of rotatable bonds is 1. The Balaban J connectivity index is 2.02. The van der Waals surface area contributed by atoms with Crippen LogP contribution in [0.25, 0.3) is 11.0 Å². The summed E-state index contributed by atoms with van der Waals surface area (Å²) in [6, 6.07) is 3.12. The Morgan fingerprint density at radius 3 is 2.42 bits per heavy atom. The van der Waals surface area contributed by atoms with Gasteiger partial charge in [-0.1, -0.05) is 5.21 Å². The molecule has 3 rings (SSSR count). The molecule has 1 N–H and O–H groups in total. The van der Waals surface area contributed by atoms with E-state index in [1.54, 1.807) is 6.07 Å². The Morgan fingerprint density at radius 2 is 1.79 bits per heavy atom. The average Bonchev–Trinajstić information content (AvgIpc) is 2.82. The summed E-state index contributed by atoms with van der Waals surface area (Å²) < 4.78 is 25.7. The van der Waals surface area contributed by atoms with E-state index in [4.69, 9.17) is 9.31 Å². The first-order valence-corrected chi connectivity index (χ1v) is 6.16. The number of H-pyrrole nitrogens is 1. The van der Waals surface area contributed by atoms with E-state index in [9.17, 15) is 4.39 Å². The van der Waals surface area contributed by atoms with Crippen molar-refractivity contribution in [2.75, 3.05) is 0 Å². The van der Waals surface area contributed by atoms with E-state index in [1.165, 1.54) is 6.07 Å². The summed E-state index contributed by atoms with van der Waals surface area (Å²) in [5.41, 5.74) is 0.461. The maximum Gasteiger partial charge on any atom is 0.495 e. The van der Waals surface area contributed by atoms with Gasteiger partial charge in [0.25, 0.3) is 0 Å². The summed E-state index contributed by atoms with van der Waals surface area (Å²) in [6.45, 7) is 7.83. The minimum absolute atomic E-state index is 0.292. The SMILES string of the molecule is CC1(C)OB(c2cc(F)c3[nH]nnc3c2)OC1(C)C. The van der Waals surface area contributed by atoms with Crippen LogP contribution in [0.2, 0.25) is 0 Å². The van der Waals surface area contributed by atoms with Gasteiger partial charge in [-0.2, -0.15) is 0 Å². The van der Waals surface area contributed by atoms with Crippen LogP contribution in [-0.4, -0.2) is 33.7 Å². The first kappa shape index (κ1) is 12.6. The molecule has 0 spiro atoms. The van der Waals surface area contributed by atoms with Crippen molar-refractivity contribution in [2.24, 2.45) is 0 Å². The highest BCUT2D eigenvalue weighted by Gasteiger charge is 2.51. The molecule has 0 radical (unpaired) electrons. The normalized spacial score (nSPS) is 21.2. The maximum absolute atomic E-state index is 13.9. The standard InChI is InChI=1S/C12H15BFN3O2/c1-11(2)12(3,4)19-13(18-11)7-5-8(14)10-9(6-7)15-17-16-10/h5-6H,1-4H3,(H,15,16,17). The lowest BCUT2D eigenvalue weighted by Gasteiger charge is -2.32. The maximum atomic E-state index is 13.9. The lowest BCUT2D eigenvalue weighted by atomic mass is 9.79. The molecule has 1 aliphatic heterocycles. The fourth-order valence-corrected chi connectivity index (χ4v) is 2.05. The van der Waals surface area contributed by atoms with Gasteiger partial charge < -0.3 is 9.31 Å². The van der Waals surface area contributed by atoms with Gasteiger partial charge in [0.1, 0.15) is 16.9 Å². The molecule has 100 valence electrons. The molecule has 0 saturated carbocycles. The minimum Gasteiger partial charge on any atom is -0.399 e. The van der Waals surface area contributed by atoms with Gasteiger partial charge in [-0.25, -0.2) is 4.39 Å². The van der Waals surface area contributed by atoms with Crippen LogP contribution in [0.3, 0.4) is 0 Å². The van der Waals surface area contributed by atoms with Crippen LogP contribution in [0.15, 0.2) is 12.1 Å². The molecule has 0 atom stereocenters. The minimum atomic E-state index is -0.597. The van der Waals surface area contributed by atoms with Crippen molar-refractivity contribution < 1.29 is 13.7 Å². The summed E-state index contributed by atoms with van der Waals surface area (Å²) in [5.74, 6) is -0.410. The molecule has 0 amide bonds. The first-order chi connectivity index (χ1) is 8.80. The topological polar surface area (TPSA) is 60.0 Å². The summed E-state index contributed by atoms with van der Waals surface area (Å²) >= 11 is 0. The van der Waals surface area contributed by atoms with Gasteiger partial charge >= 0.3 is 7.12 Å². The smallest absolute Gasteiger partial charge is 0.399 e. The van der Waals surface area contributed by atoms with Crippen molar-refractivity contribution in [2.45, 2.75) is 38.9 Å². The number of nitrogens with one attached hydrogen (secondary N) is 1. The molecule has 1 fully saturated rings. The predicted molar refractivity (Wildman–Crippen MR) is 69.6 cm³/mol. The predicted octanol–water partition coefficient (Wildman–Crippen LogP) is 1.40. The second-order valence-corrected chi connectivity index (χ2v) is 5.80. The molecule has 0 aliphatic carbocycles. The summed E-state index contributed by atoms with van der Waals surface area (Å²) in [7, 11) is -0.597. The summed E-state index contributed by atoms with van der Waals surface area (Å²) in [4.78, 5) is 0. The first-order valence-electron chi connectivity index (χ1n) is 6.16. The number of aromatic amines is 1. The molecule has 7 heteroatoms. The molecule has 0 unspecified atom stereocenters. The largest absolute Gasteiger partial charge is 0.495 e. The van der Waals surface area contributed by atoms with Crippen molar-refractivity contribution in [3.8, 4) is 0 Å². The number of fused-ring (bicyclic) bond motifs is 1. The van der Waals surface area contributed by atoms with E-state index < -0.39 is 24.1 Å². The molecular weight excluding hydrogens is 248 g/mol. The third kappa shape index (κ3) is 1.84. The van der Waals surface area contributed by atoms with E-state index in [0.717, 1.165) is 0 Å². The fourth-order valence-electron chi connectivity index (χ4n) is 2.05. The molecule has 1 aromatic carbocycles. The summed E-state index contributed by atoms with van der Waals surface area (Å²) in [5, 5.41) is 9.94. The van der Waals surface area contributed by atoms with Gasteiger partial charge in [-0.05, 0) is 45.3 Å². The molecule has 2 heterocycles. The quantitative estimate of drug-likeness (QED) is 0.790. The van der Waals surface area contributed by atoms with E-state index in [1.807, 2.05) is 27.7 Å². The van der Waals surface area contributed by atoms with Gasteiger partial charge in [0.2, 0.25) is 0 Å². The third-order valence-electron chi connectivity index (χ3n) is 3.94. The van der Waals surface area contributed by atoms with Crippen molar-refractivity contribution in [1.82, 2.24) is 15.4 Å². The number of halogens is 1. The van der Waals surface area contributed by atoms with E-state index >= 15 is 0 Å². The molecular formula is C12H15BFN3O2. The Kier molecular flexibility index (Phi) is 2.49. The number of aromatic nitrogens is 3. The molecule has 1 aliphatic rings. The average molecular weight is 263 g/mol. The van der Waals surface area contributed by atoms with Gasteiger partial charge in [-0.15, -0.1) is 5.10 Å². The Bertz CT molecular complexity index is 625. The Morgan fingerprint density at radius 1 is 1.16 bits per heavy atom. The van der Waals surface area contributed by atoms with E-state index in [0.29, 0.717) is 16.5 Å². The molecule has 19 heavy (non-hydrogen) atoms. The second-order valence-electron chi connectivity index (χ2n) is 5.80. The summed E-state index contributed by atoms with van der Waals surface area (Å²) in [6.07, 6.45) is 0. The Hall–Kier alpha value is -1.47. The van der Waals surface area contributed by atoms with Gasteiger partial charge in [0.15, 0.2) is 0 Å². The van der Waals surface area contributed by atoms with Gasteiger partial charge in [0, 0.05) is 0 Å². The lowest BCUT2D eigenvalue weighted by molar-refractivity contribution is 0.00578. The third-order valence-corrected chi connectivity index (χ3v) is 3.94. The van der Waals surface area contributed by atoms with Crippen LogP contribution < -0.4 is 5.46 Å². The molecule has 2 aromatic rings. The van der Waals surface area contributed by atoms with Crippen LogP contribution >= 0.6 is 0 Å². The van der Waals surface area contributed by atoms with Crippen LogP contribution in [0.5, 0.6) is 0 Å². The van der Waals surface area contributed by atoms with Crippen molar-refractivity contribution >= 4 is 23.6 Å². The highest BCUT2D eigenvalue weighted by molar-refractivity contribution is 6.62. The lowest BCUT2D eigenvalue weighted by Crippen LogP contribution is -2.41. The highest BCUT2D eigenvalue weighted by atomic mass is 19.1. The van der Waals surface area contributed by atoms with Crippen LogP contribution in [-0.2, 0) is 9.31 Å². The molecule has 0 bridgehead atoms. The number of hydrogen-bond donors (Lipinski definition) is 1. The van der Waals surface area contributed by atoms with E-state index in [2.05, 4.69) is 15.4 Å². The van der Waals surface area contributed by atoms with Gasteiger partial charge in [-0.3, -0.25) is 5.10 Å². The van der Waals surface area contributed by atoms with Crippen molar-refractivity contribution in [1.29, 1.82) is 0 Å². The van der Waals surface area contributed by atoms with Crippen molar-refractivity contribution in [3.05, 3.63) is 17.9 Å². The fraction of sp³-hybridized carbons (Fsp3) is 0.500. The zero-order valence-electron chi connectivity index (χ0n) is 11.3. The van der Waals surface area contributed by atoms with Crippen LogP contribution in [0, 0.1) is 5.82 Å². The second kappa shape index (κ2) is 3.77. The number of nitrogens with zero attached hydrogens (tertiary/aromatic N) is 2. The Labute approximate surface area is 110 Å². The number of benzene rings is 1. The van der Waals surface area contributed by atoms with Crippen molar-refractivity contribution in [3.63, 3.8) is 0 Å². The molecule has 1 saturated heterocycles. The zero-order valence-corrected chi connectivity index (χ0v) is 11.3. The van der Waals surface area contributed by atoms with Crippen LogP contribution in [0.1, 0.15) is 27.7 Å². The zero-order chi connectivity index (χ0) is 13.8. The van der Waals surface area contributed by atoms with Crippen LogP contribution in [0.4, 0.5) is 4.39 Å². The monoisotopic (exact) mass is 263 g/mol. The number of hydrogen-bond acceptors (Lipinski definition) is 4. The van der Waals surface area contributed by atoms with E-state index in [-0.39, 0.29) is 0 Å². The molecule has 5 nitrogen and oxygen atoms in total. The molecule has 1 aromatic heterocycles.